The van der Waals surface area contributed by atoms with Crippen molar-refractivity contribution in [1.82, 2.24) is 14.7 Å². The fraction of sp³-hybridized carbons (Fsp3) is 0.391. The zero-order valence-electron chi connectivity index (χ0n) is 17.8. The van der Waals surface area contributed by atoms with Gasteiger partial charge in [-0.05, 0) is 58.1 Å². The van der Waals surface area contributed by atoms with Gasteiger partial charge in [0, 0.05) is 12.6 Å². The summed E-state index contributed by atoms with van der Waals surface area (Å²) in [6.45, 7) is 4.13. The molecule has 1 aliphatic rings. The Morgan fingerprint density at radius 3 is 2.90 bits per heavy atom. The summed E-state index contributed by atoms with van der Waals surface area (Å²) in [5, 5.41) is 7.18. The Kier molecular flexibility index (Phi) is 6.56. The number of nitrogens with zero attached hydrogens (tertiary/aromatic N) is 3. The molecule has 0 bridgehead atoms. The van der Waals surface area contributed by atoms with Crippen molar-refractivity contribution in [3.63, 3.8) is 0 Å². The number of hydrogen-bond donors (Lipinski definition) is 1. The molecule has 31 heavy (non-hydrogen) atoms. The molecule has 1 aliphatic carbocycles. The smallest absolute Gasteiger partial charge is 0.262 e. The summed E-state index contributed by atoms with van der Waals surface area (Å²) < 4.78 is 6.79. The largest absolute Gasteiger partial charge is 0.338 e. The van der Waals surface area contributed by atoms with E-state index >= 15 is 0 Å². The maximum absolute atomic E-state index is 13.2. The number of anilines is 1. The van der Waals surface area contributed by atoms with Crippen LogP contribution in [0.5, 0.6) is 0 Å². The topological polar surface area (TPSA) is 90.0 Å². The van der Waals surface area contributed by atoms with Crippen LogP contribution in [0.15, 0.2) is 56.5 Å². The third-order valence-corrected chi connectivity index (χ3v) is 6.48. The third kappa shape index (κ3) is 5.07. The van der Waals surface area contributed by atoms with E-state index in [9.17, 15) is 9.59 Å². The molecule has 162 valence electrons. The van der Waals surface area contributed by atoms with Gasteiger partial charge in [-0.3, -0.25) is 19.5 Å². The molecule has 1 aromatic carbocycles. The van der Waals surface area contributed by atoms with Gasteiger partial charge in [0.15, 0.2) is 5.16 Å². The van der Waals surface area contributed by atoms with E-state index in [0.717, 1.165) is 19.3 Å². The van der Waals surface area contributed by atoms with E-state index in [4.69, 9.17) is 9.51 Å². The summed E-state index contributed by atoms with van der Waals surface area (Å²) in [5.74, 6) is 0.0770. The van der Waals surface area contributed by atoms with Crippen molar-refractivity contribution in [2.75, 3.05) is 5.32 Å². The first-order chi connectivity index (χ1) is 15.0. The molecular formula is C23H26N4O3S. The lowest BCUT2D eigenvalue weighted by atomic mass is 9.97. The molecule has 8 heteroatoms. The highest BCUT2D eigenvalue weighted by atomic mass is 32.2. The molecule has 3 aromatic rings. The summed E-state index contributed by atoms with van der Waals surface area (Å²) in [5.41, 5.74) is 2.66. The average molecular weight is 439 g/mol. The normalized spacial score (nSPS) is 15.0. The molecule has 1 N–H and O–H groups in total. The van der Waals surface area contributed by atoms with Gasteiger partial charge in [-0.25, -0.2) is 4.98 Å². The zero-order chi connectivity index (χ0) is 21.8. The second-order valence-electron chi connectivity index (χ2n) is 7.81. The van der Waals surface area contributed by atoms with Gasteiger partial charge in [-0.1, -0.05) is 40.7 Å². The summed E-state index contributed by atoms with van der Waals surface area (Å²) in [6.07, 6.45) is 7.76. The number of rotatable bonds is 7. The SMILES string of the molecule is Cc1cc(NC(=O)C(C)Sc2nc3ccccc3c(=O)n2CCC2=CCCCC2)on1. The van der Waals surface area contributed by atoms with Crippen LogP contribution in [-0.4, -0.2) is 25.9 Å². The van der Waals surface area contributed by atoms with Crippen LogP contribution in [0.1, 0.15) is 44.7 Å². The van der Waals surface area contributed by atoms with Crippen LogP contribution in [0.2, 0.25) is 0 Å². The van der Waals surface area contributed by atoms with Crippen LogP contribution in [-0.2, 0) is 11.3 Å². The fourth-order valence-electron chi connectivity index (χ4n) is 3.68. The molecule has 1 amide bonds. The first-order valence-corrected chi connectivity index (χ1v) is 11.5. The number of fused-ring (bicyclic) bond motifs is 1. The predicted molar refractivity (Wildman–Crippen MR) is 122 cm³/mol. The van der Waals surface area contributed by atoms with Crippen molar-refractivity contribution >= 4 is 34.5 Å². The van der Waals surface area contributed by atoms with Gasteiger partial charge in [0.1, 0.15) is 0 Å². The van der Waals surface area contributed by atoms with E-state index in [0.29, 0.717) is 34.2 Å². The Morgan fingerprint density at radius 2 is 2.16 bits per heavy atom. The van der Waals surface area contributed by atoms with Gasteiger partial charge in [0.2, 0.25) is 11.8 Å². The number of allylic oxidation sites excluding steroid dienone is 2. The van der Waals surface area contributed by atoms with Crippen LogP contribution in [0.4, 0.5) is 5.88 Å². The highest BCUT2D eigenvalue weighted by molar-refractivity contribution is 8.00. The quantitative estimate of drug-likeness (QED) is 0.327. The number of carbonyl (C=O) groups excluding carboxylic acids is 1. The maximum atomic E-state index is 13.2. The average Bonchev–Trinajstić information content (AvgIpc) is 3.18. The lowest BCUT2D eigenvalue weighted by Crippen LogP contribution is -2.27. The van der Waals surface area contributed by atoms with Crippen molar-refractivity contribution in [3.8, 4) is 0 Å². The van der Waals surface area contributed by atoms with Crippen LogP contribution in [0.3, 0.4) is 0 Å². The minimum Gasteiger partial charge on any atom is -0.338 e. The molecule has 0 saturated carbocycles. The van der Waals surface area contributed by atoms with Crippen molar-refractivity contribution in [2.45, 2.75) is 62.9 Å². The Balaban J connectivity index is 1.59. The number of benzene rings is 1. The highest BCUT2D eigenvalue weighted by Crippen LogP contribution is 2.26. The molecule has 0 fully saturated rings. The van der Waals surface area contributed by atoms with Gasteiger partial charge in [0.25, 0.3) is 5.56 Å². The summed E-state index contributed by atoms with van der Waals surface area (Å²) in [6, 6.07) is 9.01. The Morgan fingerprint density at radius 1 is 1.32 bits per heavy atom. The molecule has 0 spiro atoms. The number of hydrogen-bond acceptors (Lipinski definition) is 6. The zero-order valence-corrected chi connectivity index (χ0v) is 18.6. The molecule has 7 nitrogen and oxygen atoms in total. The Labute approximate surface area is 184 Å². The predicted octanol–water partition coefficient (Wildman–Crippen LogP) is 4.70. The molecule has 2 aromatic heterocycles. The first-order valence-electron chi connectivity index (χ1n) is 10.6. The summed E-state index contributed by atoms with van der Waals surface area (Å²) in [7, 11) is 0. The highest BCUT2D eigenvalue weighted by Gasteiger charge is 2.21. The summed E-state index contributed by atoms with van der Waals surface area (Å²) in [4.78, 5) is 30.6. The first kappa shape index (κ1) is 21.4. The van der Waals surface area contributed by atoms with Crippen LogP contribution < -0.4 is 10.9 Å². The molecule has 0 radical (unpaired) electrons. The standard InChI is InChI=1S/C23H26N4O3S/c1-15-14-20(30-26-15)25-21(28)16(2)31-23-24-19-11-7-6-10-18(19)22(29)27(23)13-12-17-8-4-3-5-9-17/h6-8,10-11,14,16H,3-5,9,12-13H2,1-2H3,(H,25,28). The second kappa shape index (κ2) is 9.51. The Hall–Kier alpha value is -2.87. The van der Waals surface area contributed by atoms with E-state index in [1.165, 1.54) is 30.2 Å². The monoisotopic (exact) mass is 438 g/mol. The van der Waals surface area contributed by atoms with Gasteiger partial charge >= 0.3 is 0 Å². The van der Waals surface area contributed by atoms with E-state index in [1.807, 2.05) is 18.2 Å². The summed E-state index contributed by atoms with van der Waals surface area (Å²) >= 11 is 1.28. The molecule has 4 rings (SSSR count). The molecule has 0 saturated heterocycles. The van der Waals surface area contributed by atoms with E-state index < -0.39 is 5.25 Å². The van der Waals surface area contributed by atoms with Crippen LogP contribution in [0, 0.1) is 6.92 Å². The minimum atomic E-state index is -0.474. The number of thioether (sulfide) groups is 1. The molecular weight excluding hydrogens is 412 g/mol. The maximum Gasteiger partial charge on any atom is 0.262 e. The number of carbonyl (C=O) groups is 1. The van der Waals surface area contributed by atoms with Crippen LogP contribution in [0.25, 0.3) is 10.9 Å². The second-order valence-corrected chi connectivity index (χ2v) is 9.12. The Bertz CT molecular complexity index is 1180. The molecule has 2 heterocycles. The third-order valence-electron chi connectivity index (χ3n) is 5.39. The number of nitrogens with one attached hydrogen (secondary N) is 1. The van der Waals surface area contributed by atoms with Gasteiger partial charge in [-0.2, -0.15) is 0 Å². The fourth-order valence-corrected chi connectivity index (χ4v) is 4.61. The number of aromatic nitrogens is 3. The van der Waals surface area contributed by atoms with Crippen molar-refractivity contribution < 1.29 is 9.32 Å². The van der Waals surface area contributed by atoms with Gasteiger partial charge < -0.3 is 4.52 Å². The number of aryl methyl sites for hydroxylation is 1. The van der Waals surface area contributed by atoms with Crippen molar-refractivity contribution in [1.29, 1.82) is 0 Å². The van der Waals surface area contributed by atoms with E-state index in [2.05, 4.69) is 16.5 Å². The molecule has 0 aliphatic heterocycles. The number of para-hydroxylation sites is 1. The van der Waals surface area contributed by atoms with Crippen LogP contribution >= 0.6 is 11.8 Å². The minimum absolute atomic E-state index is 0.0667. The van der Waals surface area contributed by atoms with E-state index in [-0.39, 0.29) is 11.5 Å². The van der Waals surface area contributed by atoms with Crippen molar-refractivity contribution in [2.24, 2.45) is 0 Å². The van der Waals surface area contributed by atoms with Crippen molar-refractivity contribution in [3.05, 3.63) is 58.0 Å². The molecule has 1 atom stereocenters. The molecule has 1 unspecified atom stereocenters. The van der Waals surface area contributed by atoms with E-state index in [1.54, 1.807) is 30.5 Å². The lowest BCUT2D eigenvalue weighted by Gasteiger charge is -2.17. The van der Waals surface area contributed by atoms with Gasteiger partial charge in [-0.15, -0.1) is 0 Å². The lowest BCUT2D eigenvalue weighted by molar-refractivity contribution is -0.115. The van der Waals surface area contributed by atoms with Gasteiger partial charge in [0.05, 0.1) is 21.8 Å². The number of amides is 1.